The second kappa shape index (κ2) is 4.17. The van der Waals surface area contributed by atoms with Crippen LogP contribution < -0.4 is 0 Å². The molecular weight excluding hydrogens is 176 g/mol. The molecule has 0 spiro atoms. The molecule has 82 valence electrons. The Balaban J connectivity index is 2.05. The molecular formula is C11H22N2O. The zero-order valence-corrected chi connectivity index (χ0v) is 9.32. The third kappa shape index (κ3) is 1.95. The van der Waals surface area contributed by atoms with E-state index in [1.165, 1.54) is 26.2 Å². The molecule has 0 amide bonds. The van der Waals surface area contributed by atoms with Crippen LogP contribution in [-0.2, 0) is 0 Å². The minimum atomic E-state index is 0.366. The van der Waals surface area contributed by atoms with E-state index in [0.29, 0.717) is 6.61 Å². The normalized spacial score (nSPS) is 40.1. The molecule has 1 N–H and O–H groups in total. The number of nitrogens with zero attached hydrogens (tertiary/aromatic N) is 2. The van der Waals surface area contributed by atoms with Crippen LogP contribution in [-0.4, -0.2) is 61.8 Å². The van der Waals surface area contributed by atoms with Gasteiger partial charge in [0.25, 0.3) is 0 Å². The second-order valence-electron chi connectivity index (χ2n) is 5.14. The number of hydrogen-bond acceptors (Lipinski definition) is 3. The standard InChI is InChI=1S/C11H22N2O/c1-12-5-9-7-13(2)8-10(6-12)11(9)3-4-14/h9-11,14H,3-8H2,1-2H3. The van der Waals surface area contributed by atoms with Gasteiger partial charge in [-0.15, -0.1) is 0 Å². The van der Waals surface area contributed by atoms with Crippen molar-refractivity contribution in [1.29, 1.82) is 0 Å². The minimum Gasteiger partial charge on any atom is -0.396 e. The van der Waals surface area contributed by atoms with E-state index in [0.717, 1.165) is 24.2 Å². The fourth-order valence-corrected chi connectivity index (χ4v) is 3.41. The van der Waals surface area contributed by atoms with Crippen molar-refractivity contribution < 1.29 is 5.11 Å². The summed E-state index contributed by atoms with van der Waals surface area (Å²) in [7, 11) is 4.45. The molecule has 0 aromatic carbocycles. The summed E-state index contributed by atoms with van der Waals surface area (Å²) >= 11 is 0. The lowest BCUT2D eigenvalue weighted by Crippen LogP contribution is -2.55. The molecule has 2 aliphatic heterocycles. The smallest absolute Gasteiger partial charge is 0.0433 e. The van der Waals surface area contributed by atoms with Gasteiger partial charge in [-0.1, -0.05) is 0 Å². The summed E-state index contributed by atoms with van der Waals surface area (Å²) in [6.45, 7) is 5.22. The largest absolute Gasteiger partial charge is 0.396 e. The fourth-order valence-electron chi connectivity index (χ4n) is 3.41. The molecule has 2 bridgehead atoms. The maximum atomic E-state index is 9.08. The Kier molecular flexibility index (Phi) is 3.10. The lowest BCUT2D eigenvalue weighted by Gasteiger charge is -2.49. The summed E-state index contributed by atoms with van der Waals surface area (Å²) in [5.41, 5.74) is 0. The number of fused-ring (bicyclic) bond motifs is 2. The van der Waals surface area contributed by atoms with Crippen LogP contribution in [0.5, 0.6) is 0 Å². The van der Waals surface area contributed by atoms with E-state index in [1.807, 2.05) is 0 Å². The maximum Gasteiger partial charge on any atom is 0.0433 e. The number of rotatable bonds is 2. The quantitative estimate of drug-likeness (QED) is 0.682. The van der Waals surface area contributed by atoms with Crippen LogP contribution in [0.15, 0.2) is 0 Å². The molecule has 2 aliphatic rings. The third-order valence-electron chi connectivity index (χ3n) is 3.86. The van der Waals surface area contributed by atoms with Crippen molar-refractivity contribution in [3.63, 3.8) is 0 Å². The van der Waals surface area contributed by atoms with Crippen LogP contribution >= 0.6 is 0 Å². The monoisotopic (exact) mass is 198 g/mol. The van der Waals surface area contributed by atoms with Crippen molar-refractivity contribution in [3.8, 4) is 0 Å². The van der Waals surface area contributed by atoms with Crippen molar-refractivity contribution >= 4 is 0 Å². The van der Waals surface area contributed by atoms with Gasteiger partial charge in [-0.3, -0.25) is 0 Å². The first kappa shape index (κ1) is 10.4. The zero-order valence-electron chi connectivity index (χ0n) is 9.32. The Morgan fingerprint density at radius 2 is 1.43 bits per heavy atom. The Morgan fingerprint density at radius 3 is 1.79 bits per heavy atom. The first-order valence-electron chi connectivity index (χ1n) is 5.68. The highest BCUT2D eigenvalue weighted by Gasteiger charge is 2.39. The van der Waals surface area contributed by atoms with Crippen molar-refractivity contribution in [2.24, 2.45) is 17.8 Å². The SMILES string of the molecule is CN1CC2CN(C)CC(C1)C2CCO. The van der Waals surface area contributed by atoms with Gasteiger partial charge in [0.05, 0.1) is 0 Å². The highest BCUT2D eigenvalue weighted by atomic mass is 16.3. The van der Waals surface area contributed by atoms with Crippen LogP contribution in [0.4, 0.5) is 0 Å². The van der Waals surface area contributed by atoms with Crippen molar-refractivity contribution in [2.75, 3.05) is 46.9 Å². The average molecular weight is 198 g/mol. The number of aliphatic hydroxyl groups is 1. The van der Waals surface area contributed by atoms with Crippen LogP contribution in [0.3, 0.4) is 0 Å². The first-order valence-corrected chi connectivity index (χ1v) is 5.68. The van der Waals surface area contributed by atoms with Gasteiger partial charge in [0.1, 0.15) is 0 Å². The third-order valence-corrected chi connectivity index (χ3v) is 3.86. The van der Waals surface area contributed by atoms with Crippen molar-refractivity contribution in [1.82, 2.24) is 9.80 Å². The van der Waals surface area contributed by atoms with E-state index >= 15 is 0 Å². The minimum absolute atomic E-state index is 0.366. The number of likely N-dealkylation sites (tertiary alicyclic amines) is 2. The topological polar surface area (TPSA) is 26.7 Å². The predicted molar refractivity (Wildman–Crippen MR) is 57.2 cm³/mol. The Hall–Kier alpha value is -0.120. The number of piperidine rings is 2. The van der Waals surface area contributed by atoms with Crippen LogP contribution in [0, 0.1) is 17.8 Å². The number of hydrogen-bond donors (Lipinski definition) is 1. The van der Waals surface area contributed by atoms with E-state index in [2.05, 4.69) is 23.9 Å². The van der Waals surface area contributed by atoms with E-state index in [1.54, 1.807) is 0 Å². The van der Waals surface area contributed by atoms with Gasteiger partial charge in [0.2, 0.25) is 0 Å². The Bertz CT molecular complexity index is 168. The molecule has 2 fully saturated rings. The van der Waals surface area contributed by atoms with Crippen LogP contribution in [0.2, 0.25) is 0 Å². The average Bonchev–Trinajstić information content (AvgIpc) is 2.07. The highest BCUT2D eigenvalue weighted by molar-refractivity contribution is 4.91. The zero-order chi connectivity index (χ0) is 10.1. The Labute approximate surface area is 86.7 Å². The van der Waals surface area contributed by atoms with E-state index in [4.69, 9.17) is 5.11 Å². The lowest BCUT2D eigenvalue weighted by atomic mass is 9.73. The highest BCUT2D eigenvalue weighted by Crippen LogP contribution is 2.35. The maximum absolute atomic E-state index is 9.08. The van der Waals surface area contributed by atoms with Gasteiger partial charge in [-0.2, -0.15) is 0 Å². The molecule has 3 nitrogen and oxygen atoms in total. The van der Waals surface area contributed by atoms with Crippen LogP contribution in [0.25, 0.3) is 0 Å². The molecule has 0 aromatic rings. The summed E-state index contributed by atoms with van der Waals surface area (Å²) in [4.78, 5) is 4.91. The molecule has 0 atom stereocenters. The first-order chi connectivity index (χ1) is 6.70. The van der Waals surface area contributed by atoms with Gasteiger partial charge < -0.3 is 14.9 Å². The second-order valence-corrected chi connectivity index (χ2v) is 5.14. The molecule has 2 heterocycles. The molecule has 0 radical (unpaired) electrons. The van der Waals surface area contributed by atoms with Gasteiger partial charge in [-0.05, 0) is 38.3 Å². The van der Waals surface area contributed by atoms with Gasteiger partial charge >= 0.3 is 0 Å². The fraction of sp³-hybridized carbons (Fsp3) is 1.00. The molecule has 14 heavy (non-hydrogen) atoms. The molecule has 0 unspecified atom stereocenters. The lowest BCUT2D eigenvalue weighted by molar-refractivity contribution is -0.0125. The summed E-state index contributed by atoms with van der Waals surface area (Å²) in [6.07, 6.45) is 1.01. The van der Waals surface area contributed by atoms with Crippen LogP contribution in [0.1, 0.15) is 6.42 Å². The van der Waals surface area contributed by atoms with E-state index in [9.17, 15) is 0 Å². The predicted octanol–water partition coefficient (Wildman–Crippen LogP) is 0.108. The molecule has 2 rings (SSSR count). The molecule has 2 saturated heterocycles. The van der Waals surface area contributed by atoms with Crippen molar-refractivity contribution in [2.45, 2.75) is 6.42 Å². The van der Waals surface area contributed by atoms with Crippen molar-refractivity contribution in [3.05, 3.63) is 0 Å². The molecule has 0 aliphatic carbocycles. The molecule has 3 heteroatoms. The van der Waals surface area contributed by atoms with Gasteiger partial charge in [0, 0.05) is 32.8 Å². The number of aliphatic hydroxyl groups excluding tert-OH is 1. The summed E-state index contributed by atoms with van der Waals surface area (Å²) in [5.74, 6) is 2.33. The summed E-state index contributed by atoms with van der Waals surface area (Å²) in [6, 6.07) is 0. The van der Waals surface area contributed by atoms with Gasteiger partial charge in [-0.25, -0.2) is 0 Å². The van der Waals surface area contributed by atoms with Gasteiger partial charge in [0.15, 0.2) is 0 Å². The van der Waals surface area contributed by atoms with E-state index in [-0.39, 0.29) is 0 Å². The van der Waals surface area contributed by atoms with E-state index < -0.39 is 0 Å². The Morgan fingerprint density at radius 1 is 1.00 bits per heavy atom. The summed E-state index contributed by atoms with van der Waals surface area (Å²) < 4.78 is 0. The molecule has 0 aromatic heterocycles. The summed E-state index contributed by atoms with van der Waals surface area (Å²) in [5, 5.41) is 9.08. The molecule has 0 saturated carbocycles.